The summed E-state index contributed by atoms with van der Waals surface area (Å²) in [6.45, 7) is 4.60. The normalized spacial score (nSPS) is 13.3. The first kappa shape index (κ1) is 17.8. The maximum Gasteiger partial charge on any atom is 0.318 e. The van der Waals surface area contributed by atoms with Crippen molar-refractivity contribution in [2.24, 2.45) is 5.73 Å². The van der Waals surface area contributed by atoms with Gasteiger partial charge in [-0.3, -0.25) is 10.1 Å². The van der Waals surface area contributed by atoms with E-state index in [4.69, 9.17) is 5.73 Å². The van der Waals surface area contributed by atoms with E-state index < -0.39 is 28.0 Å². The van der Waals surface area contributed by atoms with E-state index in [2.05, 4.69) is 5.32 Å². The number of amides is 3. The van der Waals surface area contributed by atoms with Crippen LogP contribution in [0.5, 0.6) is 0 Å². The molecule has 0 aliphatic carbocycles. The molecule has 1 unspecified atom stereocenters. The van der Waals surface area contributed by atoms with Crippen molar-refractivity contribution in [3.05, 3.63) is 0 Å². The lowest BCUT2D eigenvalue weighted by atomic mass is 10.3. The highest BCUT2D eigenvalue weighted by atomic mass is 32.2. The Labute approximate surface area is 113 Å². The first-order chi connectivity index (χ1) is 8.68. The van der Waals surface area contributed by atoms with Crippen LogP contribution in [-0.4, -0.2) is 56.6 Å². The summed E-state index contributed by atoms with van der Waals surface area (Å²) in [4.78, 5) is 21.8. The largest absolute Gasteiger partial charge is 0.351 e. The minimum atomic E-state index is -3.18. The van der Waals surface area contributed by atoms with Gasteiger partial charge in [0.1, 0.15) is 0 Å². The summed E-state index contributed by atoms with van der Waals surface area (Å²) >= 11 is 0. The molecule has 0 fully saturated rings. The Morgan fingerprint density at radius 1 is 1.37 bits per heavy atom. The lowest BCUT2D eigenvalue weighted by Crippen LogP contribution is -2.47. The smallest absolute Gasteiger partial charge is 0.318 e. The lowest BCUT2D eigenvalue weighted by Gasteiger charge is -2.18. The number of primary amides is 1. The predicted octanol–water partition coefficient (Wildman–Crippen LogP) is -1.17. The SMILES string of the molecule is CCN(CCCNC(C)C(=O)NC(N)=O)S(C)(=O)=O. The maximum absolute atomic E-state index is 11.3. The number of nitrogens with one attached hydrogen (secondary N) is 2. The Morgan fingerprint density at radius 3 is 2.37 bits per heavy atom. The summed E-state index contributed by atoms with van der Waals surface area (Å²) < 4.78 is 24.0. The molecule has 0 radical (unpaired) electrons. The summed E-state index contributed by atoms with van der Waals surface area (Å²) in [5.41, 5.74) is 4.82. The highest BCUT2D eigenvalue weighted by Gasteiger charge is 2.15. The molecule has 0 spiro atoms. The van der Waals surface area contributed by atoms with Gasteiger partial charge < -0.3 is 11.1 Å². The van der Waals surface area contributed by atoms with Gasteiger partial charge >= 0.3 is 6.03 Å². The number of urea groups is 1. The Bertz CT molecular complexity index is 410. The van der Waals surface area contributed by atoms with Crippen LogP contribution in [0.15, 0.2) is 0 Å². The van der Waals surface area contributed by atoms with E-state index in [1.165, 1.54) is 4.31 Å². The molecule has 0 aliphatic heterocycles. The number of hydrogen-bond donors (Lipinski definition) is 3. The van der Waals surface area contributed by atoms with Crippen LogP contribution in [0.1, 0.15) is 20.3 Å². The summed E-state index contributed by atoms with van der Waals surface area (Å²) in [5, 5.41) is 4.84. The monoisotopic (exact) mass is 294 g/mol. The minimum absolute atomic E-state index is 0.381. The van der Waals surface area contributed by atoms with E-state index in [1.54, 1.807) is 13.8 Å². The molecule has 0 aromatic rings. The standard InChI is InChI=1S/C10H22N4O4S/c1-4-14(19(3,17)18)7-5-6-12-8(2)9(15)13-10(11)16/h8,12H,4-7H2,1-3H3,(H3,11,13,15,16). The van der Waals surface area contributed by atoms with Crippen LogP contribution in [-0.2, 0) is 14.8 Å². The number of carbonyl (C=O) groups is 2. The van der Waals surface area contributed by atoms with Gasteiger partial charge in [-0.1, -0.05) is 6.92 Å². The number of hydrogen-bond acceptors (Lipinski definition) is 5. The molecule has 8 nitrogen and oxygen atoms in total. The van der Waals surface area contributed by atoms with Gasteiger partial charge in [-0.05, 0) is 19.9 Å². The van der Waals surface area contributed by atoms with Crippen LogP contribution in [0, 0.1) is 0 Å². The minimum Gasteiger partial charge on any atom is -0.351 e. The molecule has 0 aromatic carbocycles. The van der Waals surface area contributed by atoms with Gasteiger partial charge in [-0.2, -0.15) is 0 Å². The third-order valence-electron chi connectivity index (χ3n) is 2.50. The number of carbonyl (C=O) groups excluding carboxylic acids is 2. The molecule has 0 saturated carbocycles. The molecule has 0 saturated heterocycles. The third kappa shape index (κ3) is 7.75. The van der Waals surface area contributed by atoms with Gasteiger partial charge in [0, 0.05) is 13.1 Å². The molecule has 0 aliphatic rings. The van der Waals surface area contributed by atoms with E-state index in [9.17, 15) is 18.0 Å². The highest BCUT2D eigenvalue weighted by Crippen LogP contribution is 1.98. The van der Waals surface area contributed by atoms with Crippen molar-refractivity contribution in [1.29, 1.82) is 0 Å². The van der Waals surface area contributed by atoms with Crippen molar-refractivity contribution in [2.75, 3.05) is 25.9 Å². The predicted molar refractivity (Wildman–Crippen MR) is 71.9 cm³/mol. The second-order valence-electron chi connectivity index (χ2n) is 4.14. The fourth-order valence-corrected chi connectivity index (χ4v) is 2.38. The van der Waals surface area contributed by atoms with Crippen molar-refractivity contribution >= 4 is 22.0 Å². The number of rotatable bonds is 8. The van der Waals surface area contributed by atoms with Gasteiger partial charge in [-0.15, -0.1) is 0 Å². The van der Waals surface area contributed by atoms with Crippen LogP contribution in [0.4, 0.5) is 4.79 Å². The van der Waals surface area contributed by atoms with Crippen LogP contribution < -0.4 is 16.4 Å². The maximum atomic E-state index is 11.3. The first-order valence-electron chi connectivity index (χ1n) is 5.97. The molecule has 0 aromatic heterocycles. The van der Waals surface area contributed by atoms with E-state index in [1.807, 2.05) is 5.32 Å². The number of sulfonamides is 1. The summed E-state index contributed by atoms with van der Waals surface area (Å²) in [6.07, 6.45) is 1.72. The van der Waals surface area contributed by atoms with Crippen LogP contribution in [0.2, 0.25) is 0 Å². The van der Waals surface area contributed by atoms with Crippen molar-refractivity contribution in [1.82, 2.24) is 14.9 Å². The van der Waals surface area contributed by atoms with Crippen molar-refractivity contribution in [2.45, 2.75) is 26.3 Å². The highest BCUT2D eigenvalue weighted by molar-refractivity contribution is 7.88. The Kier molecular flexibility index (Phi) is 7.57. The first-order valence-corrected chi connectivity index (χ1v) is 7.82. The van der Waals surface area contributed by atoms with E-state index in [0.29, 0.717) is 26.1 Å². The summed E-state index contributed by atoms with van der Waals surface area (Å²) in [5.74, 6) is -0.511. The van der Waals surface area contributed by atoms with Crippen molar-refractivity contribution in [3.63, 3.8) is 0 Å². The average Bonchev–Trinajstić information content (AvgIpc) is 2.25. The molecule has 3 amide bonds. The zero-order valence-corrected chi connectivity index (χ0v) is 12.3. The molecule has 4 N–H and O–H groups in total. The molecule has 0 bridgehead atoms. The third-order valence-corrected chi connectivity index (χ3v) is 3.88. The molecule has 112 valence electrons. The number of nitrogens with two attached hydrogens (primary N) is 1. The zero-order valence-electron chi connectivity index (χ0n) is 11.5. The number of imide groups is 1. The van der Waals surface area contributed by atoms with E-state index in [0.717, 1.165) is 6.26 Å². The van der Waals surface area contributed by atoms with E-state index in [-0.39, 0.29) is 0 Å². The van der Waals surface area contributed by atoms with Gasteiger partial charge in [-0.25, -0.2) is 17.5 Å². The Morgan fingerprint density at radius 2 is 1.95 bits per heavy atom. The van der Waals surface area contributed by atoms with Crippen LogP contribution in [0.25, 0.3) is 0 Å². The van der Waals surface area contributed by atoms with Crippen LogP contribution in [0.3, 0.4) is 0 Å². The molecular formula is C10H22N4O4S. The molecule has 0 heterocycles. The molecule has 0 rings (SSSR count). The Balaban J connectivity index is 3.98. The van der Waals surface area contributed by atoms with Gasteiger partial charge in [0.05, 0.1) is 12.3 Å². The fraction of sp³-hybridized carbons (Fsp3) is 0.800. The molecule has 1 atom stereocenters. The van der Waals surface area contributed by atoms with Gasteiger partial charge in [0.25, 0.3) is 0 Å². The zero-order chi connectivity index (χ0) is 15.1. The molecular weight excluding hydrogens is 272 g/mol. The second kappa shape index (κ2) is 8.08. The quantitative estimate of drug-likeness (QED) is 0.487. The van der Waals surface area contributed by atoms with Gasteiger partial charge in [0.15, 0.2) is 0 Å². The van der Waals surface area contributed by atoms with Crippen molar-refractivity contribution < 1.29 is 18.0 Å². The summed E-state index contributed by atoms with van der Waals surface area (Å²) in [7, 11) is -3.18. The van der Waals surface area contributed by atoms with E-state index >= 15 is 0 Å². The van der Waals surface area contributed by atoms with Gasteiger partial charge in [0.2, 0.25) is 15.9 Å². The summed E-state index contributed by atoms with van der Waals surface area (Å²) in [6, 6.07) is -1.46. The topological polar surface area (TPSA) is 122 Å². The van der Waals surface area contributed by atoms with Crippen molar-refractivity contribution in [3.8, 4) is 0 Å². The Hall–Kier alpha value is -1.19. The number of nitrogens with zero attached hydrogens (tertiary/aromatic N) is 1. The van der Waals surface area contributed by atoms with Crippen LogP contribution >= 0.6 is 0 Å². The average molecular weight is 294 g/mol. The fourth-order valence-electron chi connectivity index (χ4n) is 1.45. The second-order valence-corrected chi connectivity index (χ2v) is 6.12. The molecule has 9 heteroatoms. The molecule has 19 heavy (non-hydrogen) atoms. The lowest BCUT2D eigenvalue weighted by molar-refractivity contribution is -0.121.